The Morgan fingerprint density at radius 1 is 1.40 bits per heavy atom. The maximum atomic E-state index is 12.3. The molecule has 1 fully saturated rings. The van der Waals surface area contributed by atoms with Gasteiger partial charge < -0.3 is 0 Å². The SMILES string of the molecule is N=S(=O)(c1ccc(Cl)nc1)C1CCCC1. The molecule has 5 heteroatoms. The molecular formula is C10H13ClN2OS. The van der Waals surface area contributed by atoms with Crippen LogP contribution in [-0.2, 0) is 9.73 Å². The summed E-state index contributed by atoms with van der Waals surface area (Å²) in [6.45, 7) is 0. The number of pyridine rings is 1. The first kappa shape index (κ1) is 10.9. The van der Waals surface area contributed by atoms with Crippen molar-refractivity contribution in [2.45, 2.75) is 35.8 Å². The smallest absolute Gasteiger partial charge is 0.129 e. The standard InChI is InChI=1S/C10H13ClN2OS/c11-10-6-5-9(7-13-10)15(12,14)8-3-1-2-4-8/h5-8,12H,1-4H2. The van der Waals surface area contributed by atoms with Gasteiger partial charge in [-0.1, -0.05) is 24.4 Å². The zero-order valence-electron chi connectivity index (χ0n) is 8.28. The van der Waals surface area contributed by atoms with Crippen LogP contribution in [0.3, 0.4) is 0 Å². The van der Waals surface area contributed by atoms with E-state index < -0.39 is 9.73 Å². The summed E-state index contributed by atoms with van der Waals surface area (Å²) in [7, 11) is -2.68. The molecule has 82 valence electrons. The third kappa shape index (κ3) is 2.16. The van der Waals surface area contributed by atoms with Gasteiger partial charge in [0.15, 0.2) is 0 Å². The fourth-order valence-corrected chi connectivity index (χ4v) is 3.93. The summed E-state index contributed by atoms with van der Waals surface area (Å²) in [6.07, 6.45) is 5.43. The lowest BCUT2D eigenvalue weighted by atomic mass is 10.4. The minimum atomic E-state index is -2.68. The van der Waals surface area contributed by atoms with Crippen molar-refractivity contribution in [1.29, 1.82) is 4.78 Å². The molecule has 2 rings (SSSR count). The number of hydrogen-bond acceptors (Lipinski definition) is 3. The van der Waals surface area contributed by atoms with Gasteiger partial charge in [0.25, 0.3) is 0 Å². The monoisotopic (exact) mass is 244 g/mol. The van der Waals surface area contributed by atoms with E-state index in [0.29, 0.717) is 10.0 Å². The van der Waals surface area contributed by atoms with Crippen LogP contribution < -0.4 is 0 Å². The van der Waals surface area contributed by atoms with Gasteiger partial charge in [-0.05, 0) is 25.0 Å². The van der Waals surface area contributed by atoms with Gasteiger partial charge in [0.05, 0.1) is 14.6 Å². The number of nitrogens with zero attached hydrogens (tertiary/aromatic N) is 1. The van der Waals surface area contributed by atoms with Gasteiger partial charge in [-0.15, -0.1) is 0 Å². The van der Waals surface area contributed by atoms with E-state index in [2.05, 4.69) is 4.98 Å². The lowest BCUT2D eigenvalue weighted by molar-refractivity contribution is 0.658. The molecule has 1 aromatic rings. The van der Waals surface area contributed by atoms with Gasteiger partial charge in [0.1, 0.15) is 5.15 Å². The van der Waals surface area contributed by atoms with E-state index in [1.165, 1.54) is 6.20 Å². The van der Waals surface area contributed by atoms with Crippen molar-refractivity contribution in [3.63, 3.8) is 0 Å². The van der Waals surface area contributed by atoms with Crippen LogP contribution in [0.2, 0.25) is 5.15 Å². The number of halogens is 1. The summed E-state index contributed by atoms with van der Waals surface area (Å²) in [4.78, 5) is 4.40. The molecule has 0 aromatic carbocycles. The molecule has 3 nitrogen and oxygen atoms in total. The van der Waals surface area contributed by atoms with E-state index in [-0.39, 0.29) is 5.25 Å². The van der Waals surface area contributed by atoms with Crippen molar-refractivity contribution in [1.82, 2.24) is 4.98 Å². The molecule has 0 aliphatic heterocycles. The minimum absolute atomic E-state index is 0.000440. The summed E-state index contributed by atoms with van der Waals surface area (Å²) in [5, 5.41) is 0.376. The van der Waals surface area contributed by atoms with E-state index in [1.807, 2.05) is 0 Å². The minimum Gasteiger partial charge on any atom is -0.249 e. The molecule has 0 spiro atoms. The van der Waals surface area contributed by atoms with Gasteiger partial charge in [-0.2, -0.15) is 0 Å². The fourth-order valence-electron chi connectivity index (χ4n) is 1.95. The van der Waals surface area contributed by atoms with Crippen molar-refractivity contribution in [3.8, 4) is 0 Å². The van der Waals surface area contributed by atoms with Gasteiger partial charge in [0, 0.05) is 11.4 Å². The number of hydrogen-bond donors (Lipinski definition) is 1. The molecule has 0 saturated heterocycles. The van der Waals surface area contributed by atoms with Crippen LogP contribution in [0.15, 0.2) is 23.2 Å². The Kier molecular flexibility index (Phi) is 2.98. The lowest BCUT2D eigenvalue weighted by Crippen LogP contribution is -2.16. The molecule has 0 radical (unpaired) electrons. The highest BCUT2D eigenvalue weighted by Crippen LogP contribution is 2.29. The average Bonchev–Trinajstić information content (AvgIpc) is 2.71. The summed E-state index contributed by atoms with van der Waals surface area (Å²) < 4.78 is 20.3. The zero-order chi connectivity index (χ0) is 10.9. The van der Waals surface area contributed by atoms with E-state index in [4.69, 9.17) is 16.4 Å². The second-order valence-electron chi connectivity index (χ2n) is 3.82. The van der Waals surface area contributed by atoms with Gasteiger partial charge >= 0.3 is 0 Å². The summed E-state index contributed by atoms with van der Waals surface area (Å²) in [5.41, 5.74) is 0. The molecule has 1 aromatic heterocycles. The third-order valence-electron chi connectivity index (χ3n) is 2.82. The molecule has 1 atom stereocenters. The number of nitrogens with one attached hydrogen (secondary N) is 1. The molecule has 15 heavy (non-hydrogen) atoms. The summed E-state index contributed by atoms with van der Waals surface area (Å²) in [6, 6.07) is 3.25. The molecule has 0 amide bonds. The Morgan fingerprint density at radius 3 is 2.60 bits per heavy atom. The summed E-state index contributed by atoms with van der Waals surface area (Å²) in [5.74, 6) is 0. The van der Waals surface area contributed by atoms with Crippen molar-refractivity contribution < 1.29 is 4.21 Å². The zero-order valence-corrected chi connectivity index (χ0v) is 9.85. The predicted molar refractivity (Wildman–Crippen MR) is 60.6 cm³/mol. The maximum absolute atomic E-state index is 12.3. The van der Waals surface area contributed by atoms with Crippen LogP contribution in [0.5, 0.6) is 0 Å². The van der Waals surface area contributed by atoms with E-state index in [9.17, 15) is 4.21 Å². The normalized spacial score (nSPS) is 21.4. The molecule has 1 heterocycles. The van der Waals surface area contributed by atoms with Crippen LogP contribution in [-0.4, -0.2) is 14.4 Å². The quantitative estimate of drug-likeness (QED) is 0.813. The van der Waals surface area contributed by atoms with Gasteiger partial charge in [0.2, 0.25) is 0 Å². The highest BCUT2D eigenvalue weighted by molar-refractivity contribution is 7.93. The van der Waals surface area contributed by atoms with Crippen LogP contribution in [0, 0.1) is 4.78 Å². The van der Waals surface area contributed by atoms with Crippen LogP contribution in [0.25, 0.3) is 0 Å². The topological polar surface area (TPSA) is 53.8 Å². The Hall–Kier alpha value is -0.610. The molecular weight excluding hydrogens is 232 g/mol. The van der Waals surface area contributed by atoms with E-state index >= 15 is 0 Å². The number of rotatable bonds is 2. The fraction of sp³-hybridized carbons (Fsp3) is 0.500. The molecule has 0 bridgehead atoms. The first-order chi connectivity index (χ1) is 7.10. The highest BCUT2D eigenvalue weighted by atomic mass is 35.5. The molecule has 1 aliphatic rings. The van der Waals surface area contributed by atoms with Crippen molar-refractivity contribution in [2.24, 2.45) is 0 Å². The largest absolute Gasteiger partial charge is 0.249 e. The van der Waals surface area contributed by atoms with Crippen LogP contribution in [0.1, 0.15) is 25.7 Å². The third-order valence-corrected chi connectivity index (χ3v) is 5.40. The maximum Gasteiger partial charge on any atom is 0.129 e. The lowest BCUT2D eigenvalue weighted by Gasteiger charge is -2.13. The first-order valence-corrected chi connectivity index (χ1v) is 7.00. The van der Waals surface area contributed by atoms with Crippen LogP contribution >= 0.6 is 11.6 Å². The van der Waals surface area contributed by atoms with Gasteiger partial charge in [-0.3, -0.25) is 0 Å². The second-order valence-corrected chi connectivity index (χ2v) is 6.55. The Bertz CT molecular complexity index is 435. The Morgan fingerprint density at radius 2 is 2.07 bits per heavy atom. The first-order valence-electron chi connectivity index (χ1n) is 5.00. The number of aromatic nitrogens is 1. The van der Waals surface area contributed by atoms with E-state index in [0.717, 1.165) is 25.7 Å². The summed E-state index contributed by atoms with van der Waals surface area (Å²) >= 11 is 5.66. The second kappa shape index (κ2) is 4.10. The Balaban J connectivity index is 2.32. The predicted octanol–water partition coefficient (Wildman–Crippen LogP) is 3.08. The molecule has 1 unspecified atom stereocenters. The van der Waals surface area contributed by atoms with Crippen molar-refractivity contribution in [2.75, 3.05) is 0 Å². The average molecular weight is 245 g/mol. The Labute approximate surface area is 94.8 Å². The van der Waals surface area contributed by atoms with Crippen LogP contribution in [0.4, 0.5) is 0 Å². The molecule has 1 saturated carbocycles. The molecule has 1 N–H and O–H groups in total. The van der Waals surface area contributed by atoms with E-state index in [1.54, 1.807) is 12.1 Å². The van der Waals surface area contributed by atoms with Gasteiger partial charge in [-0.25, -0.2) is 14.0 Å². The highest BCUT2D eigenvalue weighted by Gasteiger charge is 2.27. The van der Waals surface area contributed by atoms with Crippen molar-refractivity contribution >= 4 is 21.3 Å². The molecule has 1 aliphatic carbocycles. The van der Waals surface area contributed by atoms with Crippen molar-refractivity contribution in [3.05, 3.63) is 23.5 Å².